The van der Waals surface area contributed by atoms with E-state index in [2.05, 4.69) is 121 Å². The number of benzene rings is 3. The van der Waals surface area contributed by atoms with Crippen molar-refractivity contribution in [3.8, 4) is 22.4 Å². The van der Waals surface area contributed by atoms with E-state index < -0.39 is 0 Å². The molecule has 3 heterocycles. The molecule has 0 amide bonds. The molecule has 0 bridgehead atoms. The molecule has 0 radical (unpaired) electrons. The number of likely N-dealkylation sites (N-methyl/N-ethyl adjacent to an activating group) is 1. The quantitative estimate of drug-likeness (QED) is 0.313. The fourth-order valence-corrected chi connectivity index (χ4v) is 4.96. The smallest absolute Gasteiger partial charge is 0.222 e. The summed E-state index contributed by atoms with van der Waals surface area (Å²) in [6.07, 6.45) is 5.94. The maximum absolute atomic E-state index is 4.55. The molecular formula is C31H31N7. The number of aromatic nitrogens is 4. The Hall–Kier alpha value is -4.49. The maximum Gasteiger partial charge on any atom is 0.222 e. The predicted octanol–water partition coefficient (Wildman–Crippen LogP) is 5.65. The van der Waals surface area contributed by atoms with Gasteiger partial charge in [0.2, 0.25) is 5.95 Å². The van der Waals surface area contributed by atoms with Gasteiger partial charge in [-0.05, 0) is 48.5 Å². The zero-order valence-electron chi connectivity index (χ0n) is 21.7. The van der Waals surface area contributed by atoms with Gasteiger partial charge >= 0.3 is 0 Å². The zero-order chi connectivity index (χ0) is 25.9. The lowest BCUT2D eigenvalue weighted by molar-refractivity contribution is 0.313. The molecule has 1 saturated heterocycles. The van der Waals surface area contributed by atoms with E-state index in [1.807, 2.05) is 13.1 Å². The lowest BCUT2D eigenvalue weighted by atomic mass is 10.0. The molecule has 1 aliphatic rings. The molecule has 0 saturated carbocycles. The van der Waals surface area contributed by atoms with E-state index in [0.29, 0.717) is 5.95 Å². The van der Waals surface area contributed by atoms with Crippen LogP contribution in [-0.4, -0.2) is 65.3 Å². The third kappa shape index (κ3) is 4.88. The Morgan fingerprint density at radius 2 is 1.66 bits per heavy atom. The first-order chi connectivity index (χ1) is 18.7. The number of para-hydroxylation sites is 1. The number of rotatable bonds is 6. The van der Waals surface area contributed by atoms with Crippen LogP contribution in [0.1, 0.15) is 11.3 Å². The molecule has 1 fully saturated rings. The summed E-state index contributed by atoms with van der Waals surface area (Å²) in [4.78, 5) is 13.6. The number of aromatic amines is 1. The third-order valence-electron chi connectivity index (χ3n) is 7.17. The van der Waals surface area contributed by atoms with Crippen molar-refractivity contribution in [2.45, 2.75) is 0 Å². The molecule has 2 aromatic heterocycles. The van der Waals surface area contributed by atoms with E-state index in [-0.39, 0.29) is 0 Å². The molecule has 0 aliphatic carbocycles. The molecule has 0 atom stereocenters. The minimum atomic E-state index is 0.602. The van der Waals surface area contributed by atoms with E-state index >= 15 is 0 Å². The first kappa shape index (κ1) is 23.9. The largest absolute Gasteiger partial charge is 0.368 e. The minimum absolute atomic E-state index is 0.602. The van der Waals surface area contributed by atoms with Gasteiger partial charge in [0.1, 0.15) is 0 Å². The fraction of sp³-hybridized carbons (Fsp3) is 0.194. The maximum atomic E-state index is 4.55. The van der Waals surface area contributed by atoms with E-state index in [4.69, 9.17) is 0 Å². The van der Waals surface area contributed by atoms with Crippen LogP contribution in [0.3, 0.4) is 0 Å². The Balaban J connectivity index is 1.21. The van der Waals surface area contributed by atoms with Gasteiger partial charge in [0, 0.05) is 61.6 Å². The van der Waals surface area contributed by atoms with Crippen LogP contribution in [0.15, 0.2) is 79.0 Å². The highest BCUT2D eigenvalue weighted by Crippen LogP contribution is 2.32. The standard InChI is InChI=1S/C31H31N7/c1-32-31-33-16-15-27(34-31)24-12-13-26-28(35-36-29(26)21-24)14-9-22-7-10-23(11-8-22)25-5-3-4-6-30(25)38-19-17-37(2)18-20-38/h3-16,21H,17-20H2,1-2H3,(H,35,36)(H,32,33,34)/b14-9+. The number of fused-ring (bicyclic) bond motifs is 1. The lowest BCUT2D eigenvalue weighted by Crippen LogP contribution is -2.44. The summed E-state index contributed by atoms with van der Waals surface area (Å²) in [6.45, 7) is 4.31. The van der Waals surface area contributed by atoms with E-state index in [0.717, 1.165) is 59.6 Å². The number of anilines is 2. The van der Waals surface area contributed by atoms with E-state index in [1.54, 1.807) is 6.20 Å². The van der Waals surface area contributed by atoms with Gasteiger partial charge in [-0.15, -0.1) is 0 Å². The summed E-state index contributed by atoms with van der Waals surface area (Å²) < 4.78 is 0. The topological polar surface area (TPSA) is 73.0 Å². The van der Waals surface area contributed by atoms with Crippen molar-refractivity contribution >= 4 is 34.7 Å². The average molecular weight is 502 g/mol. The van der Waals surface area contributed by atoms with Gasteiger partial charge in [-0.3, -0.25) is 5.10 Å². The van der Waals surface area contributed by atoms with Gasteiger partial charge in [0.25, 0.3) is 0 Å². The van der Waals surface area contributed by atoms with Crippen molar-refractivity contribution in [1.29, 1.82) is 0 Å². The molecule has 1 aliphatic heterocycles. The van der Waals surface area contributed by atoms with Crippen LogP contribution in [0.4, 0.5) is 11.6 Å². The molecule has 0 spiro atoms. The minimum Gasteiger partial charge on any atom is -0.368 e. The van der Waals surface area contributed by atoms with Crippen molar-refractivity contribution in [1.82, 2.24) is 25.1 Å². The van der Waals surface area contributed by atoms with Crippen LogP contribution >= 0.6 is 0 Å². The number of piperazine rings is 1. The number of nitrogens with zero attached hydrogens (tertiary/aromatic N) is 5. The Morgan fingerprint density at radius 1 is 0.868 bits per heavy atom. The summed E-state index contributed by atoms with van der Waals surface area (Å²) in [6, 6.07) is 25.7. The third-order valence-corrected chi connectivity index (χ3v) is 7.17. The SMILES string of the molecule is CNc1nccc(-c2ccc3c(/C=C/c4ccc(-c5ccccc5N5CCN(C)CC5)cc4)n[nH]c3c2)n1. The van der Waals surface area contributed by atoms with E-state index in [1.165, 1.54) is 16.8 Å². The average Bonchev–Trinajstić information content (AvgIpc) is 3.39. The van der Waals surface area contributed by atoms with Crippen molar-refractivity contribution in [3.05, 3.63) is 90.3 Å². The van der Waals surface area contributed by atoms with Gasteiger partial charge in [-0.25, -0.2) is 9.97 Å². The zero-order valence-corrected chi connectivity index (χ0v) is 21.7. The fourth-order valence-electron chi connectivity index (χ4n) is 4.96. The highest BCUT2D eigenvalue weighted by molar-refractivity contribution is 5.92. The molecular weight excluding hydrogens is 470 g/mol. The molecule has 3 aromatic carbocycles. The molecule has 6 rings (SSSR count). The second-order valence-corrected chi connectivity index (χ2v) is 9.65. The van der Waals surface area contributed by atoms with Gasteiger partial charge in [0.15, 0.2) is 0 Å². The lowest BCUT2D eigenvalue weighted by Gasteiger charge is -2.35. The molecule has 7 nitrogen and oxygen atoms in total. The first-order valence-electron chi connectivity index (χ1n) is 13.0. The van der Waals surface area contributed by atoms with Gasteiger partial charge in [-0.2, -0.15) is 5.10 Å². The molecule has 5 aromatic rings. The number of nitrogens with one attached hydrogen (secondary N) is 2. The Labute approximate surface area is 222 Å². The van der Waals surface area contributed by atoms with Crippen molar-refractivity contribution in [3.63, 3.8) is 0 Å². The van der Waals surface area contributed by atoms with Gasteiger partial charge in [0.05, 0.1) is 16.9 Å². The highest BCUT2D eigenvalue weighted by Gasteiger charge is 2.17. The molecule has 0 unspecified atom stereocenters. The van der Waals surface area contributed by atoms with Gasteiger partial charge in [-0.1, -0.05) is 54.6 Å². The number of hydrogen-bond acceptors (Lipinski definition) is 6. The van der Waals surface area contributed by atoms with Crippen LogP contribution in [-0.2, 0) is 0 Å². The van der Waals surface area contributed by atoms with Crippen LogP contribution in [0.25, 0.3) is 45.4 Å². The molecule has 190 valence electrons. The Morgan fingerprint density at radius 3 is 2.47 bits per heavy atom. The summed E-state index contributed by atoms with van der Waals surface area (Å²) in [5.41, 5.74) is 8.75. The molecule has 7 heteroatoms. The summed E-state index contributed by atoms with van der Waals surface area (Å²) in [5, 5.41) is 11.8. The first-order valence-corrected chi connectivity index (χ1v) is 13.0. The second kappa shape index (κ2) is 10.5. The predicted molar refractivity (Wildman–Crippen MR) is 157 cm³/mol. The van der Waals surface area contributed by atoms with Crippen LogP contribution in [0.5, 0.6) is 0 Å². The van der Waals surface area contributed by atoms with Gasteiger partial charge < -0.3 is 15.1 Å². The number of hydrogen-bond donors (Lipinski definition) is 2. The summed E-state index contributed by atoms with van der Waals surface area (Å²) in [5.74, 6) is 0.602. The Bertz CT molecular complexity index is 1580. The van der Waals surface area contributed by atoms with Crippen molar-refractivity contribution < 1.29 is 0 Å². The van der Waals surface area contributed by atoms with Crippen molar-refractivity contribution in [2.75, 3.05) is 50.5 Å². The molecule has 38 heavy (non-hydrogen) atoms. The monoisotopic (exact) mass is 501 g/mol. The normalized spacial score (nSPS) is 14.4. The van der Waals surface area contributed by atoms with Crippen molar-refractivity contribution in [2.24, 2.45) is 0 Å². The Kier molecular flexibility index (Phi) is 6.58. The molecule has 2 N–H and O–H groups in total. The summed E-state index contributed by atoms with van der Waals surface area (Å²) in [7, 11) is 4.01. The second-order valence-electron chi connectivity index (χ2n) is 9.65. The van der Waals surface area contributed by atoms with Crippen LogP contribution in [0.2, 0.25) is 0 Å². The van der Waals surface area contributed by atoms with Crippen LogP contribution in [0, 0.1) is 0 Å². The van der Waals surface area contributed by atoms with Crippen LogP contribution < -0.4 is 10.2 Å². The highest BCUT2D eigenvalue weighted by atomic mass is 15.2. The van der Waals surface area contributed by atoms with E-state index in [9.17, 15) is 0 Å². The number of H-pyrrole nitrogens is 1. The summed E-state index contributed by atoms with van der Waals surface area (Å²) >= 11 is 0.